The molecule has 0 unspecified atom stereocenters. The third-order valence-electron chi connectivity index (χ3n) is 3.26. The Labute approximate surface area is 123 Å². The molecule has 3 heteroatoms. The minimum Gasteiger partial charge on any atom is -0.393 e. The Hall–Kier alpha value is 0.137. The molecule has 115 valence electrons. The second-order valence-corrected chi connectivity index (χ2v) is 7.12. The minimum atomic E-state index is -0.982. The highest BCUT2D eigenvalue weighted by atomic mass is 28.3. The lowest BCUT2D eigenvalue weighted by Gasteiger charge is -2.15. The molecule has 0 saturated heterocycles. The second-order valence-electron chi connectivity index (χ2n) is 5.29. The molecule has 0 saturated carbocycles. The Kier molecular flexibility index (Phi) is 16.3. The number of unbranched alkanes of at least 4 members (excludes halogenated alkanes) is 7. The first-order chi connectivity index (χ1) is 9.35. The molecule has 2 nitrogen and oxygen atoms in total. The molecule has 0 spiro atoms. The first-order valence-corrected chi connectivity index (χ1v) is 9.98. The molecule has 0 heterocycles. The zero-order chi connectivity index (χ0) is 14.2. The van der Waals surface area contributed by atoms with Gasteiger partial charge in [0.1, 0.15) is 0 Å². The lowest BCUT2D eigenvalue weighted by molar-refractivity contribution is 0.190. The molecule has 0 fully saturated rings. The van der Waals surface area contributed by atoms with E-state index < -0.39 is 9.28 Å². The van der Waals surface area contributed by atoms with Crippen LogP contribution in [0.3, 0.4) is 0 Å². The quantitative estimate of drug-likeness (QED) is 0.294. The van der Waals surface area contributed by atoms with Gasteiger partial charge in [0.25, 0.3) is 0 Å². The van der Waals surface area contributed by atoms with Crippen molar-refractivity contribution in [1.29, 1.82) is 0 Å². The summed E-state index contributed by atoms with van der Waals surface area (Å²) in [4.78, 5) is 0. The Morgan fingerprint density at radius 2 is 1.05 bits per heavy atom. The van der Waals surface area contributed by atoms with Crippen LogP contribution in [0.25, 0.3) is 0 Å². The largest absolute Gasteiger partial charge is 0.393 e. The van der Waals surface area contributed by atoms with E-state index in [4.69, 9.17) is 8.85 Å². The van der Waals surface area contributed by atoms with Crippen molar-refractivity contribution in [2.75, 3.05) is 13.2 Å². The van der Waals surface area contributed by atoms with Crippen molar-refractivity contribution >= 4 is 9.28 Å². The molecular formula is C16H35O2Si. The van der Waals surface area contributed by atoms with Gasteiger partial charge in [0.05, 0.1) is 0 Å². The molecular weight excluding hydrogens is 252 g/mol. The summed E-state index contributed by atoms with van der Waals surface area (Å²) in [6.07, 6.45) is 12.9. The van der Waals surface area contributed by atoms with Crippen LogP contribution in [-0.4, -0.2) is 22.5 Å². The molecule has 0 aromatic rings. The maximum Gasteiger partial charge on any atom is 0.384 e. The maximum absolute atomic E-state index is 5.94. The van der Waals surface area contributed by atoms with Crippen LogP contribution in [0.2, 0.25) is 6.04 Å². The SMILES string of the molecule is CCCCCCCC[Si](OCCCC)OCCCC. The normalized spacial score (nSPS) is 11.4. The van der Waals surface area contributed by atoms with Gasteiger partial charge in [-0.1, -0.05) is 72.1 Å². The highest BCUT2D eigenvalue weighted by molar-refractivity contribution is 6.44. The van der Waals surface area contributed by atoms with Crippen molar-refractivity contribution in [3.05, 3.63) is 0 Å². The van der Waals surface area contributed by atoms with Gasteiger partial charge in [0, 0.05) is 13.2 Å². The van der Waals surface area contributed by atoms with Gasteiger partial charge >= 0.3 is 9.28 Å². The van der Waals surface area contributed by atoms with Gasteiger partial charge in [-0.25, -0.2) is 0 Å². The van der Waals surface area contributed by atoms with Crippen molar-refractivity contribution in [2.24, 2.45) is 0 Å². The predicted molar refractivity (Wildman–Crippen MR) is 85.7 cm³/mol. The Morgan fingerprint density at radius 3 is 1.58 bits per heavy atom. The Bertz CT molecular complexity index is 155. The van der Waals surface area contributed by atoms with E-state index in [0.717, 1.165) is 13.2 Å². The van der Waals surface area contributed by atoms with Crippen molar-refractivity contribution in [2.45, 2.75) is 91.0 Å². The fourth-order valence-electron chi connectivity index (χ4n) is 1.90. The molecule has 0 amide bonds. The van der Waals surface area contributed by atoms with Gasteiger partial charge in [-0.3, -0.25) is 0 Å². The van der Waals surface area contributed by atoms with Gasteiger partial charge in [-0.05, 0) is 18.9 Å². The van der Waals surface area contributed by atoms with Gasteiger partial charge in [-0.15, -0.1) is 0 Å². The number of hydrogen-bond donors (Lipinski definition) is 0. The van der Waals surface area contributed by atoms with Crippen molar-refractivity contribution in [3.63, 3.8) is 0 Å². The van der Waals surface area contributed by atoms with Gasteiger partial charge in [0.15, 0.2) is 0 Å². The summed E-state index contributed by atoms with van der Waals surface area (Å²) in [6.45, 7) is 8.48. The highest BCUT2D eigenvalue weighted by Crippen LogP contribution is 2.11. The molecule has 0 atom stereocenters. The minimum absolute atomic E-state index is 0.896. The van der Waals surface area contributed by atoms with Gasteiger partial charge in [-0.2, -0.15) is 0 Å². The fourth-order valence-corrected chi connectivity index (χ4v) is 3.55. The summed E-state index contributed by atoms with van der Waals surface area (Å²) in [5.41, 5.74) is 0. The van der Waals surface area contributed by atoms with E-state index in [1.54, 1.807) is 0 Å². The molecule has 0 aliphatic rings. The van der Waals surface area contributed by atoms with Crippen LogP contribution in [0.4, 0.5) is 0 Å². The monoisotopic (exact) mass is 287 g/mol. The van der Waals surface area contributed by atoms with E-state index >= 15 is 0 Å². The topological polar surface area (TPSA) is 18.5 Å². The summed E-state index contributed by atoms with van der Waals surface area (Å²) in [5.74, 6) is 0. The predicted octanol–water partition coefficient (Wildman–Crippen LogP) is 5.47. The van der Waals surface area contributed by atoms with E-state index in [1.165, 1.54) is 70.3 Å². The third kappa shape index (κ3) is 14.4. The van der Waals surface area contributed by atoms with E-state index in [1.807, 2.05) is 0 Å². The van der Waals surface area contributed by atoms with Crippen LogP contribution in [0.15, 0.2) is 0 Å². The van der Waals surface area contributed by atoms with Crippen molar-refractivity contribution < 1.29 is 8.85 Å². The summed E-state index contributed by atoms with van der Waals surface area (Å²) in [6, 6.07) is 1.17. The van der Waals surface area contributed by atoms with Crippen LogP contribution in [0.1, 0.15) is 85.0 Å². The van der Waals surface area contributed by atoms with Gasteiger partial charge in [0.2, 0.25) is 0 Å². The van der Waals surface area contributed by atoms with E-state index in [9.17, 15) is 0 Å². The Morgan fingerprint density at radius 1 is 0.579 bits per heavy atom. The van der Waals surface area contributed by atoms with Crippen molar-refractivity contribution in [3.8, 4) is 0 Å². The standard InChI is InChI=1S/C16H35O2Si/c1-4-7-10-11-12-13-16-19(17-14-8-5-2)18-15-9-6-3/h4-16H2,1-3H3. The molecule has 0 bridgehead atoms. The smallest absolute Gasteiger partial charge is 0.384 e. The zero-order valence-electron chi connectivity index (χ0n) is 13.5. The third-order valence-corrected chi connectivity index (χ3v) is 5.07. The molecule has 0 aromatic carbocycles. The average Bonchev–Trinajstić information content (AvgIpc) is 2.42. The molecule has 19 heavy (non-hydrogen) atoms. The molecule has 0 aliphatic heterocycles. The first-order valence-electron chi connectivity index (χ1n) is 8.46. The summed E-state index contributed by atoms with van der Waals surface area (Å²) < 4.78 is 11.9. The summed E-state index contributed by atoms with van der Waals surface area (Å²) in [5, 5.41) is 0. The molecule has 0 N–H and O–H groups in total. The van der Waals surface area contributed by atoms with E-state index in [0.29, 0.717) is 0 Å². The number of hydrogen-bond acceptors (Lipinski definition) is 2. The Balaban J connectivity index is 3.58. The van der Waals surface area contributed by atoms with E-state index in [-0.39, 0.29) is 0 Å². The zero-order valence-corrected chi connectivity index (χ0v) is 14.5. The maximum atomic E-state index is 5.94. The van der Waals surface area contributed by atoms with Gasteiger partial charge < -0.3 is 8.85 Å². The van der Waals surface area contributed by atoms with Crippen LogP contribution in [0, 0.1) is 0 Å². The summed E-state index contributed by atoms with van der Waals surface area (Å²) >= 11 is 0. The molecule has 0 aliphatic carbocycles. The fraction of sp³-hybridized carbons (Fsp3) is 1.00. The van der Waals surface area contributed by atoms with Crippen LogP contribution >= 0.6 is 0 Å². The van der Waals surface area contributed by atoms with E-state index in [2.05, 4.69) is 20.8 Å². The van der Waals surface area contributed by atoms with Crippen LogP contribution in [-0.2, 0) is 8.85 Å². The van der Waals surface area contributed by atoms with Crippen molar-refractivity contribution in [1.82, 2.24) is 0 Å². The lowest BCUT2D eigenvalue weighted by atomic mass is 10.1. The summed E-state index contributed by atoms with van der Waals surface area (Å²) in [7, 11) is -0.982. The molecule has 1 radical (unpaired) electrons. The first kappa shape index (κ1) is 19.1. The highest BCUT2D eigenvalue weighted by Gasteiger charge is 2.14. The number of rotatable bonds is 15. The molecule has 0 aromatic heterocycles. The van der Waals surface area contributed by atoms with Crippen LogP contribution in [0.5, 0.6) is 0 Å². The molecule has 0 rings (SSSR count). The lowest BCUT2D eigenvalue weighted by Crippen LogP contribution is -2.24. The average molecular weight is 288 g/mol. The van der Waals surface area contributed by atoms with Crippen LogP contribution < -0.4 is 0 Å². The second kappa shape index (κ2) is 16.2.